The monoisotopic (exact) mass is 298 g/mol. The van der Waals surface area contributed by atoms with Crippen LogP contribution in [0.25, 0.3) is 0 Å². The maximum atomic E-state index is 12.6. The molecule has 1 aromatic rings. The van der Waals surface area contributed by atoms with Crippen LogP contribution in [0.1, 0.15) is 31.7 Å². The molecule has 1 aromatic heterocycles. The summed E-state index contributed by atoms with van der Waals surface area (Å²) in [6.07, 6.45) is 6.28. The summed E-state index contributed by atoms with van der Waals surface area (Å²) in [6, 6.07) is 0.528. The van der Waals surface area contributed by atoms with Crippen molar-refractivity contribution in [1.29, 1.82) is 0 Å². The normalized spacial score (nSPS) is 15.7. The average molecular weight is 298 g/mol. The van der Waals surface area contributed by atoms with Crippen LogP contribution in [0.2, 0.25) is 0 Å². The number of rotatable bonds is 9. The number of aromatic nitrogens is 2. The van der Waals surface area contributed by atoms with E-state index in [0.29, 0.717) is 31.2 Å². The van der Waals surface area contributed by atoms with E-state index in [1.54, 1.807) is 12.3 Å². The molecule has 7 heteroatoms. The molecule has 1 heterocycles. The van der Waals surface area contributed by atoms with Crippen LogP contribution >= 0.6 is 0 Å². The molecule has 0 radical (unpaired) electrons. The molecule has 1 aliphatic rings. The van der Waals surface area contributed by atoms with Crippen LogP contribution in [0.15, 0.2) is 23.9 Å². The zero-order valence-electron chi connectivity index (χ0n) is 11.8. The van der Waals surface area contributed by atoms with Crippen molar-refractivity contribution >= 4 is 10.0 Å². The molecule has 0 bridgehead atoms. The lowest BCUT2D eigenvalue weighted by molar-refractivity contribution is 0.438. The van der Waals surface area contributed by atoms with Crippen molar-refractivity contribution in [3.05, 3.63) is 24.4 Å². The molecule has 1 aliphatic carbocycles. The van der Waals surface area contributed by atoms with Crippen molar-refractivity contribution in [3.8, 4) is 0 Å². The molecule has 0 amide bonds. The molecule has 2 rings (SSSR count). The van der Waals surface area contributed by atoms with Crippen molar-refractivity contribution in [2.75, 3.05) is 13.1 Å². The lowest BCUT2D eigenvalue weighted by atomic mass is 10.3. The van der Waals surface area contributed by atoms with Gasteiger partial charge in [-0.3, -0.25) is 5.10 Å². The minimum atomic E-state index is -3.54. The topological polar surface area (TPSA) is 78.1 Å². The minimum absolute atomic E-state index is 0.195. The van der Waals surface area contributed by atoms with Gasteiger partial charge in [0.25, 0.3) is 10.0 Å². The molecular weight excluding hydrogens is 276 g/mol. The standard InChI is InChI=1S/C13H22N4O2S/c1-3-7-17(8-4-2)20(18,19)13-11(10-15-16-13)9-14-12-5-6-12/h3,10,12,14H,1,4-9H2,2H3,(H,15,16). The summed E-state index contributed by atoms with van der Waals surface area (Å²) in [4.78, 5) is 0. The van der Waals surface area contributed by atoms with Gasteiger partial charge in [-0.15, -0.1) is 6.58 Å². The zero-order valence-corrected chi connectivity index (χ0v) is 12.6. The first-order valence-electron chi connectivity index (χ1n) is 6.96. The van der Waals surface area contributed by atoms with Crippen molar-refractivity contribution < 1.29 is 8.42 Å². The van der Waals surface area contributed by atoms with E-state index in [0.717, 1.165) is 6.42 Å². The molecule has 1 saturated carbocycles. The van der Waals surface area contributed by atoms with Crippen molar-refractivity contribution in [2.45, 2.75) is 43.8 Å². The van der Waals surface area contributed by atoms with Crippen LogP contribution in [-0.2, 0) is 16.6 Å². The van der Waals surface area contributed by atoms with E-state index in [1.165, 1.54) is 17.1 Å². The summed E-state index contributed by atoms with van der Waals surface area (Å²) >= 11 is 0. The highest BCUT2D eigenvalue weighted by atomic mass is 32.2. The first kappa shape index (κ1) is 15.2. The molecule has 20 heavy (non-hydrogen) atoms. The van der Waals surface area contributed by atoms with Gasteiger partial charge in [-0.25, -0.2) is 8.42 Å². The van der Waals surface area contributed by atoms with E-state index >= 15 is 0 Å². The second-order valence-electron chi connectivity index (χ2n) is 5.03. The third kappa shape index (κ3) is 3.47. The Morgan fingerprint density at radius 1 is 1.60 bits per heavy atom. The quantitative estimate of drug-likeness (QED) is 0.673. The van der Waals surface area contributed by atoms with Gasteiger partial charge in [0.05, 0.1) is 6.20 Å². The molecule has 2 N–H and O–H groups in total. The maximum absolute atomic E-state index is 12.6. The van der Waals surface area contributed by atoms with Crippen LogP contribution in [0.5, 0.6) is 0 Å². The predicted octanol–water partition coefficient (Wildman–Crippen LogP) is 1.25. The fourth-order valence-electron chi connectivity index (χ4n) is 2.02. The number of nitrogens with one attached hydrogen (secondary N) is 2. The highest BCUT2D eigenvalue weighted by Crippen LogP contribution is 2.22. The number of sulfonamides is 1. The first-order chi connectivity index (χ1) is 9.59. The number of aromatic amines is 1. The number of hydrogen-bond donors (Lipinski definition) is 2. The fourth-order valence-corrected chi connectivity index (χ4v) is 3.63. The molecule has 0 spiro atoms. The zero-order chi connectivity index (χ0) is 14.6. The summed E-state index contributed by atoms with van der Waals surface area (Å²) in [5.41, 5.74) is 0.696. The summed E-state index contributed by atoms with van der Waals surface area (Å²) in [7, 11) is -3.54. The summed E-state index contributed by atoms with van der Waals surface area (Å²) in [6.45, 7) is 6.89. The smallest absolute Gasteiger partial charge is 0.260 e. The van der Waals surface area contributed by atoms with E-state index in [4.69, 9.17) is 0 Å². The summed E-state index contributed by atoms with van der Waals surface area (Å²) in [5.74, 6) is 0. The molecule has 0 aromatic carbocycles. The van der Waals surface area contributed by atoms with Gasteiger partial charge in [-0.2, -0.15) is 9.40 Å². The lowest BCUT2D eigenvalue weighted by Gasteiger charge is -2.19. The van der Waals surface area contributed by atoms with Crippen LogP contribution in [0.4, 0.5) is 0 Å². The van der Waals surface area contributed by atoms with Gasteiger partial charge in [0.1, 0.15) is 0 Å². The third-order valence-corrected chi connectivity index (χ3v) is 5.12. The Hall–Kier alpha value is -1.18. The molecule has 112 valence electrons. The summed E-state index contributed by atoms with van der Waals surface area (Å²) < 4.78 is 26.7. The Morgan fingerprint density at radius 3 is 2.95 bits per heavy atom. The van der Waals surface area contributed by atoms with E-state index in [9.17, 15) is 8.42 Å². The molecule has 0 saturated heterocycles. The molecule has 0 aliphatic heterocycles. The van der Waals surface area contributed by atoms with Crippen molar-refractivity contribution in [3.63, 3.8) is 0 Å². The second kappa shape index (κ2) is 6.51. The average Bonchev–Trinajstić information content (AvgIpc) is 3.12. The maximum Gasteiger partial charge on any atom is 0.260 e. The number of H-pyrrole nitrogens is 1. The Balaban J connectivity index is 2.18. The first-order valence-corrected chi connectivity index (χ1v) is 8.40. The highest BCUT2D eigenvalue weighted by molar-refractivity contribution is 7.89. The highest BCUT2D eigenvalue weighted by Gasteiger charge is 2.28. The van der Waals surface area contributed by atoms with Gasteiger partial charge in [0.15, 0.2) is 5.03 Å². The third-order valence-electron chi connectivity index (χ3n) is 3.24. The van der Waals surface area contributed by atoms with E-state index < -0.39 is 10.0 Å². The van der Waals surface area contributed by atoms with Gasteiger partial charge in [0, 0.05) is 31.2 Å². The molecule has 6 nitrogen and oxygen atoms in total. The molecular formula is C13H22N4O2S. The fraction of sp³-hybridized carbons (Fsp3) is 0.615. The van der Waals surface area contributed by atoms with E-state index in [-0.39, 0.29) is 5.03 Å². The van der Waals surface area contributed by atoms with Crippen molar-refractivity contribution in [1.82, 2.24) is 19.8 Å². The minimum Gasteiger partial charge on any atom is -0.310 e. The number of hydrogen-bond acceptors (Lipinski definition) is 4. The van der Waals surface area contributed by atoms with Crippen LogP contribution in [-0.4, -0.2) is 42.1 Å². The Kier molecular flexibility index (Phi) is 4.95. The van der Waals surface area contributed by atoms with Gasteiger partial charge in [-0.1, -0.05) is 13.0 Å². The molecule has 1 fully saturated rings. The SMILES string of the molecule is C=CCN(CCC)S(=O)(=O)c1[nH]ncc1CNC1CC1. The Bertz CT molecular complexity index is 548. The predicted molar refractivity (Wildman–Crippen MR) is 77.7 cm³/mol. The van der Waals surface area contributed by atoms with Gasteiger partial charge < -0.3 is 5.32 Å². The number of nitrogens with zero attached hydrogens (tertiary/aromatic N) is 2. The largest absolute Gasteiger partial charge is 0.310 e. The van der Waals surface area contributed by atoms with Gasteiger partial charge in [-0.05, 0) is 19.3 Å². The van der Waals surface area contributed by atoms with Crippen LogP contribution in [0, 0.1) is 0 Å². The van der Waals surface area contributed by atoms with E-state index in [1.807, 2.05) is 6.92 Å². The Morgan fingerprint density at radius 2 is 2.35 bits per heavy atom. The van der Waals surface area contributed by atoms with Crippen LogP contribution in [0.3, 0.4) is 0 Å². The van der Waals surface area contributed by atoms with Crippen molar-refractivity contribution in [2.24, 2.45) is 0 Å². The Labute approximate surface area is 120 Å². The lowest BCUT2D eigenvalue weighted by Crippen LogP contribution is -2.33. The molecule has 0 unspecified atom stereocenters. The van der Waals surface area contributed by atoms with E-state index in [2.05, 4.69) is 22.1 Å². The van der Waals surface area contributed by atoms with Crippen LogP contribution < -0.4 is 5.32 Å². The van der Waals surface area contributed by atoms with Gasteiger partial charge in [0.2, 0.25) is 0 Å². The summed E-state index contributed by atoms with van der Waals surface area (Å²) in [5, 5.41) is 10.0. The van der Waals surface area contributed by atoms with Gasteiger partial charge >= 0.3 is 0 Å². The molecule has 0 atom stereocenters. The second-order valence-corrected chi connectivity index (χ2v) is 6.91.